The van der Waals surface area contributed by atoms with Gasteiger partial charge in [0.1, 0.15) is 19.3 Å². The maximum atomic E-state index is 13.6. The average Bonchev–Trinajstić information content (AvgIpc) is 3.41. The number of phosphoric acid groups is 1. The van der Waals surface area contributed by atoms with Crippen molar-refractivity contribution in [2.45, 2.75) is 354 Å². The van der Waals surface area contributed by atoms with Gasteiger partial charge in [-0.1, -0.05) is 282 Å². The first kappa shape index (κ1) is 77.2. The van der Waals surface area contributed by atoms with Crippen LogP contribution in [0.4, 0.5) is 0 Å². The van der Waals surface area contributed by atoms with Crippen LogP contribution in [0.5, 0.6) is 0 Å². The number of quaternary nitrogens is 1. The Hall–Kier alpha value is -1.77. The molecule has 0 saturated carbocycles. The van der Waals surface area contributed by atoms with Crippen LogP contribution >= 0.6 is 7.82 Å². The second kappa shape index (κ2) is 59.4. The summed E-state index contributed by atoms with van der Waals surface area (Å²) in [4.78, 5) is 40.1. The summed E-state index contributed by atoms with van der Waals surface area (Å²) in [7, 11) is 1.20. The predicted octanol–water partition coefficient (Wildman–Crippen LogP) is 20.8. The molecule has 0 aliphatic carbocycles. The molecular formula is C69H133N2O7P. The van der Waals surface area contributed by atoms with Crippen LogP contribution in [0, 0.1) is 0 Å². The Morgan fingerprint density at radius 3 is 1.08 bits per heavy atom. The summed E-state index contributed by atoms with van der Waals surface area (Å²) in [5.74, 6) is -0.531. The van der Waals surface area contributed by atoms with E-state index in [2.05, 4.69) is 50.4 Å². The minimum absolute atomic E-state index is 0.0206. The van der Waals surface area contributed by atoms with Crippen molar-refractivity contribution in [3.05, 3.63) is 36.5 Å². The molecule has 0 aromatic carbocycles. The zero-order valence-electron chi connectivity index (χ0n) is 53.3. The summed E-state index contributed by atoms with van der Waals surface area (Å²) < 4.78 is 30.4. The second-order valence-electron chi connectivity index (χ2n) is 24.7. The number of nitrogens with zero attached hydrogens (tertiary/aromatic N) is 1. The van der Waals surface area contributed by atoms with Gasteiger partial charge in [0.25, 0.3) is 7.82 Å². The summed E-state index contributed by atoms with van der Waals surface area (Å²) in [6.45, 7) is 6.87. The first-order valence-electron chi connectivity index (χ1n) is 34.3. The van der Waals surface area contributed by atoms with Crippen molar-refractivity contribution < 1.29 is 37.3 Å². The van der Waals surface area contributed by atoms with E-state index in [9.17, 15) is 19.0 Å². The Kier molecular flexibility index (Phi) is 58.1. The van der Waals surface area contributed by atoms with Crippen molar-refractivity contribution in [3.8, 4) is 0 Å². The molecule has 0 aliphatic heterocycles. The number of nitrogens with one attached hydrogen (secondary N) is 1. The van der Waals surface area contributed by atoms with Crippen LogP contribution < -0.4 is 10.2 Å². The highest BCUT2D eigenvalue weighted by Crippen LogP contribution is 2.38. The van der Waals surface area contributed by atoms with Crippen LogP contribution in [0.3, 0.4) is 0 Å². The molecule has 0 aromatic heterocycles. The molecule has 9 nitrogen and oxygen atoms in total. The number of phosphoric ester groups is 1. The second-order valence-corrected chi connectivity index (χ2v) is 26.1. The van der Waals surface area contributed by atoms with E-state index < -0.39 is 20.0 Å². The number of amides is 1. The lowest BCUT2D eigenvalue weighted by atomic mass is 10.0. The quantitative estimate of drug-likeness (QED) is 0.0212. The van der Waals surface area contributed by atoms with Crippen molar-refractivity contribution in [2.24, 2.45) is 0 Å². The molecule has 0 bridgehead atoms. The molecule has 0 aromatic rings. The summed E-state index contributed by atoms with van der Waals surface area (Å²) >= 11 is 0. The van der Waals surface area contributed by atoms with E-state index in [1.165, 1.54) is 238 Å². The predicted molar refractivity (Wildman–Crippen MR) is 340 cm³/mol. The summed E-state index contributed by atoms with van der Waals surface area (Å²) in [6.07, 6.45) is 72.7. The van der Waals surface area contributed by atoms with E-state index in [0.29, 0.717) is 17.4 Å². The van der Waals surface area contributed by atoms with Crippen LogP contribution in [0.2, 0.25) is 0 Å². The molecule has 0 aliphatic rings. The third-order valence-corrected chi connectivity index (χ3v) is 16.5. The van der Waals surface area contributed by atoms with Crippen LogP contribution in [0.1, 0.15) is 342 Å². The van der Waals surface area contributed by atoms with Crippen molar-refractivity contribution in [3.63, 3.8) is 0 Å². The minimum Gasteiger partial charge on any atom is -0.756 e. The lowest BCUT2D eigenvalue weighted by molar-refractivity contribution is -0.870. The summed E-state index contributed by atoms with van der Waals surface area (Å²) in [5.41, 5.74) is 0. The van der Waals surface area contributed by atoms with Gasteiger partial charge in [-0.05, 0) is 83.1 Å². The Morgan fingerprint density at radius 2 is 0.734 bits per heavy atom. The molecule has 1 amide bonds. The molecule has 3 atom stereocenters. The zero-order chi connectivity index (χ0) is 57.9. The van der Waals surface area contributed by atoms with Gasteiger partial charge in [-0.15, -0.1) is 0 Å². The Bertz CT molecular complexity index is 1450. The average molecular weight is 1130 g/mol. The lowest BCUT2D eigenvalue weighted by Crippen LogP contribution is -2.47. The fourth-order valence-electron chi connectivity index (χ4n) is 10.2. The topological polar surface area (TPSA) is 114 Å². The molecule has 0 saturated heterocycles. The number of rotatable bonds is 63. The van der Waals surface area contributed by atoms with Crippen molar-refractivity contribution in [1.29, 1.82) is 0 Å². The largest absolute Gasteiger partial charge is 0.756 e. The van der Waals surface area contributed by atoms with Gasteiger partial charge in [-0.3, -0.25) is 14.2 Å². The first-order chi connectivity index (χ1) is 38.4. The fraction of sp³-hybridized carbons (Fsp3) is 0.884. The molecule has 79 heavy (non-hydrogen) atoms. The summed E-state index contributed by atoms with van der Waals surface area (Å²) in [6, 6.07) is -0.887. The number of unbranched alkanes of at least 4 members (excludes halogenated alkanes) is 43. The Labute approximate surface area is 491 Å². The molecule has 0 fully saturated rings. The van der Waals surface area contributed by atoms with Gasteiger partial charge in [0.15, 0.2) is 0 Å². The Balaban J connectivity index is 5.02. The van der Waals surface area contributed by atoms with Gasteiger partial charge in [0.05, 0.1) is 33.8 Å². The number of ether oxygens (including phenoxy) is 1. The monoisotopic (exact) mass is 1130 g/mol. The van der Waals surface area contributed by atoms with Gasteiger partial charge < -0.3 is 28.5 Å². The summed E-state index contributed by atoms with van der Waals surface area (Å²) in [5, 5.41) is 3.04. The lowest BCUT2D eigenvalue weighted by Gasteiger charge is -2.30. The molecule has 10 heteroatoms. The molecule has 0 heterocycles. The highest BCUT2D eigenvalue weighted by Gasteiger charge is 2.27. The third kappa shape index (κ3) is 60.6. The van der Waals surface area contributed by atoms with Gasteiger partial charge in [0.2, 0.25) is 5.91 Å². The normalized spacial score (nSPS) is 13.8. The maximum Gasteiger partial charge on any atom is 0.306 e. The van der Waals surface area contributed by atoms with E-state index >= 15 is 0 Å². The molecule has 0 rings (SSSR count). The molecule has 3 unspecified atom stereocenters. The highest BCUT2D eigenvalue weighted by atomic mass is 31.2. The Morgan fingerprint density at radius 1 is 0.430 bits per heavy atom. The van der Waals surface area contributed by atoms with Crippen LogP contribution in [-0.2, 0) is 27.9 Å². The van der Waals surface area contributed by atoms with E-state index in [0.717, 1.165) is 70.6 Å². The number of hydrogen-bond donors (Lipinski definition) is 1. The van der Waals surface area contributed by atoms with Gasteiger partial charge in [-0.25, -0.2) is 0 Å². The van der Waals surface area contributed by atoms with Gasteiger partial charge in [-0.2, -0.15) is 0 Å². The number of hydrogen-bond acceptors (Lipinski definition) is 7. The van der Waals surface area contributed by atoms with E-state index in [-0.39, 0.29) is 31.5 Å². The maximum absolute atomic E-state index is 13.6. The number of carbonyl (C=O) groups excluding carboxylic acids is 2. The van der Waals surface area contributed by atoms with Crippen LogP contribution in [-0.4, -0.2) is 69.4 Å². The number of allylic oxidation sites excluding steroid dienone is 5. The fourth-order valence-corrected chi connectivity index (χ4v) is 10.9. The third-order valence-electron chi connectivity index (χ3n) is 15.5. The molecule has 0 spiro atoms. The van der Waals surface area contributed by atoms with Crippen LogP contribution in [0.25, 0.3) is 0 Å². The highest BCUT2D eigenvalue weighted by molar-refractivity contribution is 7.45. The van der Waals surface area contributed by atoms with Crippen molar-refractivity contribution in [2.75, 3.05) is 40.9 Å². The standard InChI is InChI=1S/C69H133N2O7P/c1-7-10-13-16-19-22-25-27-29-31-32-33-34-35-36-37-38-40-41-43-46-49-52-55-58-61-68(72)70-66(65-77-79(74,75)76-64-63-71(4,5)6)67(60-57-54-51-48-45-24-21-18-15-12-9-3)78-69(73)62-59-56-53-50-47-44-42-39-30-28-26-23-20-17-14-11-8-2/h27-30,57,60,66-67H,7-26,31-56,58-59,61-65H2,1-6H3,(H-,70,72,74,75)/b29-27+,30-28+,60-57-. The SMILES string of the molecule is CCCCCCCC/C=C/CCCCCCCCCCCCCCCCCC(=O)NC(COP(=O)([O-])OCC[N+](C)(C)C)C(/C=C\CCCCCCCCCCC)OC(=O)CCCCCCCCC/C=C/CCCCCCCC. The molecule has 466 valence electrons. The number of carbonyl (C=O) groups is 2. The van der Waals surface area contributed by atoms with E-state index in [1.807, 2.05) is 33.3 Å². The smallest absolute Gasteiger partial charge is 0.306 e. The first-order valence-corrected chi connectivity index (χ1v) is 35.8. The van der Waals surface area contributed by atoms with Crippen molar-refractivity contribution >= 4 is 19.7 Å². The minimum atomic E-state index is -4.70. The van der Waals surface area contributed by atoms with Crippen molar-refractivity contribution in [1.82, 2.24) is 5.32 Å². The number of likely N-dealkylation sites (N-methyl/N-ethyl adjacent to an activating group) is 1. The van der Waals surface area contributed by atoms with E-state index in [1.54, 1.807) is 0 Å². The van der Waals surface area contributed by atoms with Gasteiger partial charge in [0, 0.05) is 12.8 Å². The molecule has 0 radical (unpaired) electrons. The van der Waals surface area contributed by atoms with E-state index in [4.69, 9.17) is 13.8 Å². The number of esters is 1. The zero-order valence-corrected chi connectivity index (χ0v) is 54.2. The van der Waals surface area contributed by atoms with Gasteiger partial charge >= 0.3 is 5.97 Å². The molecule has 1 N–H and O–H groups in total. The van der Waals surface area contributed by atoms with Crippen LogP contribution in [0.15, 0.2) is 36.5 Å². The molecular weight excluding hydrogens is 1000 g/mol.